The van der Waals surface area contributed by atoms with Crippen LogP contribution >= 0.6 is 0 Å². The fraction of sp³-hybridized carbons (Fsp3) is 0.645. The van der Waals surface area contributed by atoms with E-state index in [4.69, 9.17) is 20.5 Å². The van der Waals surface area contributed by atoms with Gasteiger partial charge in [0, 0.05) is 11.8 Å². The van der Waals surface area contributed by atoms with Crippen molar-refractivity contribution in [2.24, 2.45) is 17.8 Å². The van der Waals surface area contributed by atoms with Crippen molar-refractivity contribution in [2.75, 3.05) is 13.7 Å². The van der Waals surface area contributed by atoms with Crippen LogP contribution in [0.25, 0.3) is 4.85 Å². The maximum atomic E-state index is 7.58. The molecule has 0 aliphatic heterocycles. The Hall–Kier alpha value is -1.87. The van der Waals surface area contributed by atoms with Gasteiger partial charge >= 0.3 is 0 Å². The summed E-state index contributed by atoms with van der Waals surface area (Å²) in [4.78, 5) is 3.77. The molecule has 5 heteroatoms. The highest BCUT2D eigenvalue weighted by Gasteiger charge is 2.49. The van der Waals surface area contributed by atoms with Crippen LogP contribution in [0.2, 0.25) is 16.6 Å². The predicted octanol–water partition coefficient (Wildman–Crippen LogP) is 8.71. The summed E-state index contributed by atoms with van der Waals surface area (Å²) in [7, 11) is -0.479. The molecule has 0 spiro atoms. The molecule has 1 rings (SSSR count). The van der Waals surface area contributed by atoms with Crippen molar-refractivity contribution in [3.05, 3.63) is 66.1 Å². The molecule has 0 fully saturated rings. The van der Waals surface area contributed by atoms with E-state index in [9.17, 15) is 0 Å². The van der Waals surface area contributed by atoms with Crippen LogP contribution in [0.15, 0.2) is 49.1 Å². The second-order valence-corrected chi connectivity index (χ2v) is 16.6. The van der Waals surface area contributed by atoms with Gasteiger partial charge in [-0.2, -0.15) is 0 Å². The Morgan fingerprint density at radius 2 is 1.47 bits per heavy atom. The van der Waals surface area contributed by atoms with E-state index in [1.54, 1.807) is 7.11 Å². The zero-order valence-electron chi connectivity index (χ0n) is 24.5. The molecule has 1 aromatic rings. The Morgan fingerprint density at radius 3 is 1.92 bits per heavy atom. The van der Waals surface area contributed by atoms with Crippen molar-refractivity contribution in [1.29, 1.82) is 0 Å². The summed E-state index contributed by atoms with van der Waals surface area (Å²) in [5, 5.41) is 0. The fourth-order valence-corrected chi connectivity index (χ4v) is 11.6. The molecule has 0 saturated carbocycles. The van der Waals surface area contributed by atoms with Gasteiger partial charge in [0.05, 0.1) is 31.8 Å². The van der Waals surface area contributed by atoms with Crippen molar-refractivity contribution in [3.63, 3.8) is 0 Å². The van der Waals surface area contributed by atoms with Crippen LogP contribution < -0.4 is 4.74 Å². The maximum absolute atomic E-state index is 7.58. The molecular formula is C31H51NO3Si. The second-order valence-electron chi connectivity index (χ2n) is 11.2. The lowest BCUT2D eigenvalue weighted by atomic mass is 9.84. The van der Waals surface area contributed by atoms with Gasteiger partial charge in [0.1, 0.15) is 5.75 Å². The number of benzene rings is 1. The molecule has 0 amide bonds. The summed E-state index contributed by atoms with van der Waals surface area (Å²) >= 11 is 0. The molecule has 1 aromatic carbocycles. The number of ether oxygens (including phenoxy) is 2. The van der Waals surface area contributed by atoms with Crippen molar-refractivity contribution in [1.82, 2.24) is 0 Å². The highest BCUT2D eigenvalue weighted by Crippen LogP contribution is 2.45. The van der Waals surface area contributed by atoms with E-state index >= 15 is 0 Å². The Labute approximate surface area is 223 Å². The van der Waals surface area contributed by atoms with E-state index in [1.165, 1.54) is 0 Å². The van der Waals surface area contributed by atoms with E-state index < -0.39 is 8.32 Å². The molecule has 202 valence electrons. The van der Waals surface area contributed by atoms with Crippen LogP contribution in [-0.4, -0.2) is 34.2 Å². The van der Waals surface area contributed by atoms with E-state index in [0.29, 0.717) is 29.8 Å². The van der Waals surface area contributed by atoms with Crippen LogP contribution in [0, 0.1) is 24.3 Å². The van der Waals surface area contributed by atoms with Gasteiger partial charge in [-0.05, 0) is 34.3 Å². The second kappa shape index (κ2) is 15.4. The normalized spacial score (nSPS) is 16.7. The van der Waals surface area contributed by atoms with Gasteiger partial charge in [0.25, 0.3) is 0 Å². The monoisotopic (exact) mass is 513 g/mol. The minimum absolute atomic E-state index is 0.0570. The molecule has 0 radical (unpaired) electrons. The number of methoxy groups -OCH3 is 1. The lowest BCUT2D eigenvalue weighted by Crippen LogP contribution is -2.54. The molecule has 0 aliphatic carbocycles. The summed E-state index contributed by atoms with van der Waals surface area (Å²) in [6, 6.07) is 8.04. The van der Waals surface area contributed by atoms with E-state index in [1.807, 2.05) is 24.3 Å². The molecule has 0 saturated heterocycles. The van der Waals surface area contributed by atoms with Gasteiger partial charge in [-0.1, -0.05) is 99.3 Å². The molecule has 0 unspecified atom stereocenters. The minimum Gasteiger partial charge on any atom is -0.497 e. The smallest absolute Gasteiger partial charge is 0.219 e. The Kier molecular flexibility index (Phi) is 13.8. The number of hydrogen-bond acceptors (Lipinski definition) is 3. The largest absolute Gasteiger partial charge is 0.497 e. The molecule has 0 aromatic heterocycles. The number of nitrogens with zero attached hydrogens (tertiary/aromatic N) is 1. The lowest BCUT2D eigenvalue weighted by Gasteiger charge is -2.48. The molecular weight excluding hydrogens is 462 g/mol. The zero-order valence-corrected chi connectivity index (χ0v) is 25.5. The SMILES string of the molecule is [C-]#[N+]C[C@H](C)[C@@H](O[Si](C(C)C)(C(C)C)C(C)C)[C@H](C)[C@@H](OCc1ccc(OC)cc1)[C@@H](C)C=CC=C. The first-order chi connectivity index (χ1) is 17.0. The maximum Gasteiger partial charge on any atom is 0.219 e. The van der Waals surface area contributed by atoms with Gasteiger partial charge in [-0.25, -0.2) is 6.57 Å². The average Bonchev–Trinajstić information content (AvgIpc) is 2.83. The molecule has 0 bridgehead atoms. The fourth-order valence-electron chi connectivity index (χ4n) is 5.88. The molecule has 0 N–H and O–H groups in total. The molecule has 36 heavy (non-hydrogen) atoms. The summed E-state index contributed by atoms with van der Waals surface area (Å²) in [6.45, 7) is 32.9. The van der Waals surface area contributed by atoms with Crippen LogP contribution in [0.5, 0.6) is 5.75 Å². The molecule has 5 atom stereocenters. The zero-order chi connectivity index (χ0) is 27.5. The minimum atomic E-state index is -2.16. The highest BCUT2D eigenvalue weighted by molar-refractivity contribution is 6.77. The third kappa shape index (κ3) is 8.33. The van der Waals surface area contributed by atoms with Crippen molar-refractivity contribution in [2.45, 2.75) is 97.8 Å². The average molecular weight is 514 g/mol. The first kappa shape index (κ1) is 32.2. The van der Waals surface area contributed by atoms with E-state index in [2.05, 4.69) is 91.9 Å². The third-order valence-corrected chi connectivity index (χ3v) is 13.8. The first-order valence-electron chi connectivity index (χ1n) is 13.5. The van der Waals surface area contributed by atoms with E-state index in [-0.39, 0.29) is 30.0 Å². The number of hydrogen-bond donors (Lipinski definition) is 0. The van der Waals surface area contributed by atoms with Gasteiger partial charge in [0.15, 0.2) is 0 Å². The topological polar surface area (TPSA) is 32.0 Å². The van der Waals surface area contributed by atoms with Crippen LogP contribution in [0.1, 0.15) is 67.9 Å². The van der Waals surface area contributed by atoms with Crippen molar-refractivity contribution < 1.29 is 13.9 Å². The summed E-state index contributed by atoms with van der Waals surface area (Å²) in [6.07, 6.45) is 5.84. The Balaban J connectivity index is 3.41. The van der Waals surface area contributed by atoms with Gasteiger partial charge in [-0.3, -0.25) is 0 Å². The van der Waals surface area contributed by atoms with Gasteiger partial charge < -0.3 is 18.7 Å². The van der Waals surface area contributed by atoms with Crippen molar-refractivity contribution in [3.8, 4) is 5.75 Å². The molecule has 0 aliphatic rings. The molecule has 0 heterocycles. The quantitative estimate of drug-likeness (QED) is 0.126. The van der Waals surface area contributed by atoms with Gasteiger partial charge in [0.2, 0.25) is 14.9 Å². The molecule has 4 nitrogen and oxygen atoms in total. The van der Waals surface area contributed by atoms with Crippen LogP contribution in [-0.2, 0) is 15.8 Å². The first-order valence-corrected chi connectivity index (χ1v) is 15.6. The Bertz CT molecular complexity index is 819. The summed E-state index contributed by atoms with van der Waals surface area (Å²) in [5.41, 5.74) is 2.53. The highest BCUT2D eigenvalue weighted by atomic mass is 28.4. The summed E-state index contributed by atoms with van der Waals surface area (Å²) < 4.78 is 19.3. The van der Waals surface area contributed by atoms with Crippen LogP contribution in [0.4, 0.5) is 0 Å². The van der Waals surface area contributed by atoms with Crippen molar-refractivity contribution >= 4 is 8.32 Å². The lowest BCUT2D eigenvalue weighted by molar-refractivity contribution is -0.0637. The standard InChI is InChI=1S/C31H51NO3Si/c1-13-14-15-25(8)30(34-21-28-16-18-29(33-12)19-17-28)27(10)31(26(9)20-32-11)35-36(22(2)3,23(4)5)24(6)7/h13-19,22-27,30-31H,1,20-21H2,2-10,12H3/t25-,26-,27+,30-,31+/m0/s1. The Morgan fingerprint density at radius 1 is 0.917 bits per heavy atom. The van der Waals surface area contributed by atoms with Gasteiger partial charge in [-0.15, -0.1) is 0 Å². The number of rotatable bonds is 16. The van der Waals surface area contributed by atoms with E-state index in [0.717, 1.165) is 11.3 Å². The summed E-state index contributed by atoms with van der Waals surface area (Å²) in [5.74, 6) is 1.22. The predicted molar refractivity (Wildman–Crippen MR) is 156 cm³/mol. The van der Waals surface area contributed by atoms with Crippen LogP contribution in [0.3, 0.4) is 0 Å². The third-order valence-electron chi connectivity index (χ3n) is 7.69. The number of allylic oxidation sites excluding steroid dienone is 2.